The Morgan fingerprint density at radius 3 is 1.76 bits per heavy atom. The van der Waals surface area contributed by atoms with E-state index in [9.17, 15) is 0 Å². The second kappa shape index (κ2) is 5.04. The van der Waals surface area contributed by atoms with Crippen LogP contribution in [0.15, 0.2) is 30.3 Å². The van der Waals surface area contributed by atoms with Gasteiger partial charge in [-0.25, -0.2) is 0 Å². The summed E-state index contributed by atoms with van der Waals surface area (Å²) < 4.78 is 1.21. The third-order valence-electron chi connectivity index (χ3n) is 4.00. The van der Waals surface area contributed by atoms with Gasteiger partial charge in [0.05, 0.1) is 0 Å². The van der Waals surface area contributed by atoms with E-state index in [2.05, 4.69) is 6.07 Å². The fourth-order valence-corrected chi connectivity index (χ4v) is 5.34. The van der Waals surface area contributed by atoms with Gasteiger partial charge >= 0.3 is 160 Å². The van der Waals surface area contributed by atoms with Crippen molar-refractivity contribution < 1.29 is 0 Å². The Morgan fingerprint density at radius 1 is 0.571 bits per heavy atom. The Bertz CT molecular complexity index is 1040. The Hall–Kier alpha value is 0.0800. The third kappa shape index (κ3) is 2.01. The molecule has 0 heterocycles. The van der Waals surface area contributed by atoms with Crippen LogP contribution in [0.4, 0.5) is 0 Å². The summed E-state index contributed by atoms with van der Waals surface area (Å²) in [5.74, 6) is 0. The zero-order chi connectivity index (χ0) is 14.9. The number of hydrogen-bond donors (Lipinski definition) is 0. The fourth-order valence-electron chi connectivity index (χ4n) is 3.12. The molecule has 0 aliphatic heterocycles. The van der Waals surface area contributed by atoms with Crippen molar-refractivity contribution >= 4 is 109 Å². The van der Waals surface area contributed by atoms with E-state index in [1.165, 1.54) is 2.81 Å². The molecule has 4 aromatic carbocycles. The van der Waals surface area contributed by atoms with Crippen molar-refractivity contribution in [3.05, 3.63) is 50.4 Å². The molecule has 21 heavy (non-hydrogen) atoms. The van der Waals surface area contributed by atoms with Gasteiger partial charge in [0.15, 0.2) is 0 Å². The van der Waals surface area contributed by atoms with Gasteiger partial charge < -0.3 is 0 Å². The number of halogens is 4. The van der Waals surface area contributed by atoms with Gasteiger partial charge in [-0.2, -0.15) is 0 Å². The monoisotopic (exact) mass is 360 g/mol. The fraction of sp³-hybridized carbons (Fsp3) is 0. The van der Waals surface area contributed by atoms with E-state index in [1.54, 1.807) is 6.07 Å². The molecule has 0 amide bonds. The summed E-state index contributed by atoms with van der Waals surface area (Å²) in [6, 6.07) is 9.73. The SMILES string of the molecule is [Na][c]1cc2c(Cl)cc(Cl)c3ccc4c(Cl)cc(Cl)c1c4c32. The van der Waals surface area contributed by atoms with Crippen molar-refractivity contribution in [2.45, 2.75) is 0 Å². The Morgan fingerprint density at radius 2 is 1.10 bits per heavy atom. The van der Waals surface area contributed by atoms with Crippen LogP contribution in [-0.2, 0) is 0 Å². The minimum absolute atomic E-state index is 0.646. The predicted molar refractivity (Wildman–Crippen MR) is 95.6 cm³/mol. The quantitative estimate of drug-likeness (QED) is 0.266. The average molecular weight is 362 g/mol. The van der Waals surface area contributed by atoms with Crippen LogP contribution in [0.25, 0.3) is 32.3 Å². The molecule has 0 saturated heterocycles. The molecule has 0 aliphatic rings. The van der Waals surface area contributed by atoms with Gasteiger partial charge in [0.1, 0.15) is 0 Å². The Balaban J connectivity index is 2.50. The molecule has 4 rings (SSSR count). The summed E-state index contributed by atoms with van der Waals surface area (Å²) in [6.07, 6.45) is 0. The van der Waals surface area contributed by atoms with E-state index in [0.717, 1.165) is 60.2 Å². The summed E-state index contributed by atoms with van der Waals surface area (Å²) in [5.41, 5.74) is 0. The molecule has 0 bridgehead atoms. The van der Waals surface area contributed by atoms with Crippen LogP contribution in [0, 0.1) is 0 Å². The first-order valence-electron chi connectivity index (χ1n) is 6.40. The first-order chi connectivity index (χ1) is 9.99. The van der Waals surface area contributed by atoms with Crippen LogP contribution in [0.1, 0.15) is 0 Å². The van der Waals surface area contributed by atoms with Gasteiger partial charge in [-0.15, -0.1) is 0 Å². The van der Waals surface area contributed by atoms with Gasteiger partial charge in [-0.3, -0.25) is 0 Å². The number of rotatable bonds is 0. The molecule has 0 spiro atoms. The summed E-state index contributed by atoms with van der Waals surface area (Å²) in [7, 11) is 0. The average Bonchev–Trinajstić information content (AvgIpc) is 2.42. The van der Waals surface area contributed by atoms with Gasteiger partial charge in [0.25, 0.3) is 0 Å². The van der Waals surface area contributed by atoms with E-state index in [0.29, 0.717) is 20.1 Å². The molecule has 0 atom stereocenters. The van der Waals surface area contributed by atoms with Crippen molar-refractivity contribution in [3.63, 3.8) is 0 Å². The van der Waals surface area contributed by atoms with Crippen LogP contribution in [0.2, 0.25) is 20.1 Å². The van der Waals surface area contributed by atoms with Gasteiger partial charge in [0, 0.05) is 0 Å². The molecule has 0 fully saturated rings. The molecule has 98 valence electrons. The molecule has 0 saturated carbocycles. The van der Waals surface area contributed by atoms with Crippen molar-refractivity contribution in [2.75, 3.05) is 0 Å². The molecule has 0 radical (unpaired) electrons. The van der Waals surface area contributed by atoms with Crippen LogP contribution in [0.5, 0.6) is 0 Å². The number of hydrogen-bond acceptors (Lipinski definition) is 0. The van der Waals surface area contributed by atoms with Crippen molar-refractivity contribution in [3.8, 4) is 0 Å². The normalized spacial score (nSPS) is 12.1. The first kappa shape index (κ1) is 14.7. The zero-order valence-corrected chi connectivity index (χ0v) is 15.9. The first-order valence-corrected chi connectivity index (χ1v) is 8.91. The Labute approximate surface area is 158 Å². The van der Waals surface area contributed by atoms with Crippen molar-refractivity contribution in [1.82, 2.24) is 0 Å². The maximum absolute atomic E-state index is 6.44. The van der Waals surface area contributed by atoms with Crippen molar-refractivity contribution in [1.29, 1.82) is 0 Å². The summed E-state index contributed by atoms with van der Waals surface area (Å²) in [5, 5.41) is 8.81. The molecule has 0 N–H and O–H groups in total. The molecule has 5 heteroatoms. The topological polar surface area (TPSA) is 0 Å². The summed E-state index contributed by atoms with van der Waals surface area (Å²) in [4.78, 5) is 0. The standard InChI is InChI=1S/C16H5Cl4.Na/c17-11-5-13(19)9-3-4-10-14(20)6-12(18)8-2-1-7(11)15(9)16(8)10;/h1-3,5-6H;. The molecule has 0 aliphatic carbocycles. The number of benzene rings is 4. The molecular weight excluding hydrogens is 357 g/mol. The molecule has 0 nitrogen and oxygen atoms in total. The molecule has 0 aromatic heterocycles. The van der Waals surface area contributed by atoms with Crippen LogP contribution >= 0.6 is 46.4 Å². The predicted octanol–water partition coefficient (Wildman–Crippen LogP) is 5.99. The van der Waals surface area contributed by atoms with E-state index in [1.807, 2.05) is 18.2 Å². The molecule has 0 unspecified atom stereocenters. The zero-order valence-electron chi connectivity index (χ0n) is 10.9. The second-order valence-electron chi connectivity index (χ2n) is 5.21. The van der Waals surface area contributed by atoms with Gasteiger partial charge in [-0.05, 0) is 0 Å². The van der Waals surface area contributed by atoms with Gasteiger partial charge in [-0.1, -0.05) is 0 Å². The summed E-state index contributed by atoms with van der Waals surface area (Å²) >= 11 is 26.5. The van der Waals surface area contributed by atoms with E-state index in [-0.39, 0.29) is 0 Å². The van der Waals surface area contributed by atoms with E-state index >= 15 is 0 Å². The minimum atomic E-state index is 0.646. The van der Waals surface area contributed by atoms with E-state index < -0.39 is 0 Å². The van der Waals surface area contributed by atoms with Crippen LogP contribution in [0.3, 0.4) is 0 Å². The van der Waals surface area contributed by atoms with E-state index in [4.69, 9.17) is 46.4 Å². The molecular formula is C16H5Cl4Na. The van der Waals surface area contributed by atoms with Crippen LogP contribution in [-0.4, -0.2) is 27.9 Å². The Kier molecular flexibility index (Phi) is 3.52. The molecule has 4 aromatic rings. The van der Waals surface area contributed by atoms with Gasteiger partial charge in [0.2, 0.25) is 0 Å². The van der Waals surface area contributed by atoms with Crippen LogP contribution < -0.4 is 2.81 Å². The second-order valence-corrected chi connectivity index (χ2v) is 7.91. The maximum atomic E-state index is 6.44. The third-order valence-corrected chi connectivity index (χ3v) is 6.02. The summed E-state index contributed by atoms with van der Waals surface area (Å²) in [6.45, 7) is 0. The van der Waals surface area contributed by atoms with Crippen molar-refractivity contribution in [2.24, 2.45) is 0 Å².